The second kappa shape index (κ2) is 4.80. The number of H-pyrrole nitrogens is 1. The van der Waals surface area contributed by atoms with E-state index in [1.807, 2.05) is 18.2 Å². The fourth-order valence-electron chi connectivity index (χ4n) is 2.12. The van der Waals surface area contributed by atoms with Crippen molar-refractivity contribution >= 4 is 11.8 Å². The Balaban J connectivity index is 1.99. The van der Waals surface area contributed by atoms with Gasteiger partial charge in [0.25, 0.3) is 0 Å². The van der Waals surface area contributed by atoms with Crippen LogP contribution in [0.3, 0.4) is 0 Å². The number of anilines is 1. The van der Waals surface area contributed by atoms with Crippen LogP contribution in [0.2, 0.25) is 0 Å². The van der Waals surface area contributed by atoms with Crippen LogP contribution in [0.1, 0.15) is 10.4 Å². The summed E-state index contributed by atoms with van der Waals surface area (Å²) >= 11 is 0. The maximum atomic E-state index is 11.5. The fourth-order valence-corrected chi connectivity index (χ4v) is 2.12. The van der Waals surface area contributed by atoms with Gasteiger partial charge in [0, 0.05) is 11.3 Å². The van der Waals surface area contributed by atoms with Gasteiger partial charge in [-0.2, -0.15) is 0 Å². The number of aromatic amines is 1. The predicted molar refractivity (Wildman–Crippen MR) is 73.0 cm³/mol. The molecular weight excluding hydrogens is 260 g/mol. The summed E-state index contributed by atoms with van der Waals surface area (Å²) in [7, 11) is 1.32. The lowest BCUT2D eigenvalue weighted by Crippen LogP contribution is -2.15. The van der Waals surface area contributed by atoms with E-state index in [1.54, 1.807) is 6.07 Å². The first-order chi connectivity index (χ1) is 9.69. The zero-order valence-corrected chi connectivity index (χ0v) is 10.9. The summed E-state index contributed by atoms with van der Waals surface area (Å²) in [6.07, 6.45) is 0. The van der Waals surface area contributed by atoms with E-state index in [4.69, 9.17) is 15.2 Å². The van der Waals surface area contributed by atoms with E-state index in [1.165, 1.54) is 7.11 Å². The maximum absolute atomic E-state index is 11.5. The van der Waals surface area contributed by atoms with Gasteiger partial charge in [0.1, 0.15) is 24.6 Å². The largest absolute Gasteiger partial charge is 0.486 e. The van der Waals surface area contributed by atoms with Crippen molar-refractivity contribution in [2.75, 3.05) is 26.1 Å². The van der Waals surface area contributed by atoms with Gasteiger partial charge in [-0.15, -0.1) is 0 Å². The van der Waals surface area contributed by atoms with Crippen LogP contribution in [0.5, 0.6) is 11.5 Å². The van der Waals surface area contributed by atoms with Crippen LogP contribution >= 0.6 is 0 Å². The summed E-state index contributed by atoms with van der Waals surface area (Å²) < 4.78 is 15.7. The number of esters is 1. The molecule has 3 rings (SSSR count). The van der Waals surface area contributed by atoms with Crippen LogP contribution in [0.25, 0.3) is 11.3 Å². The molecule has 0 saturated carbocycles. The minimum absolute atomic E-state index is 0.279. The van der Waals surface area contributed by atoms with E-state index >= 15 is 0 Å². The number of methoxy groups -OCH3 is 1. The lowest BCUT2D eigenvalue weighted by molar-refractivity contribution is 0.0602. The Labute approximate surface area is 115 Å². The molecule has 1 aliphatic heterocycles. The van der Waals surface area contributed by atoms with Gasteiger partial charge in [0.15, 0.2) is 11.5 Å². The van der Waals surface area contributed by atoms with Crippen LogP contribution in [0.15, 0.2) is 24.3 Å². The molecule has 20 heavy (non-hydrogen) atoms. The lowest BCUT2D eigenvalue weighted by Gasteiger charge is -2.18. The number of benzene rings is 1. The van der Waals surface area contributed by atoms with Crippen LogP contribution in [-0.4, -0.2) is 31.3 Å². The molecule has 0 spiro atoms. The van der Waals surface area contributed by atoms with E-state index in [9.17, 15) is 4.79 Å². The van der Waals surface area contributed by atoms with Crippen molar-refractivity contribution in [3.05, 3.63) is 29.8 Å². The first kappa shape index (κ1) is 12.4. The number of carbonyl (C=O) groups excluding carboxylic acids is 1. The fraction of sp³-hybridized carbons (Fsp3) is 0.214. The number of hydrogen-bond donors (Lipinski definition) is 2. The van der Waals surface area contributed by atoms with Crippen LogP contribution in [-0.2, 0) is 4.74 Å². The quantitative estimate of drug-likeness (QED) is 0.816. The highest BCUT2D eigenvalue weighted by atomic mass is 16.6. The zero-order chi connectivity index (χ0) is 14.1. The molecule has 0 bridgehead atoms. The molecule has 0 amide bonds. The minimum Gasteiger partial charge on any atom is -0.486 e. The Bertz CT molecular complexity index is 663. The smallest absolute Gasteiger partial charge is 0.341 e. The van der Waals surface area contributed by atoms with Crippen LogP contribution in [0, 0.1) is 0 Å². The van der Waals surface area contributed by atoms with Gasteiger partial charge >= 0.3 is 5.97 Å². The number of nitrogen functional groups attached to an aromatic ring is 1. The Hall–Kier alpha value is -2.63. The van der Waals surface area contributed by atoms with E-state index in [2.05, 4.69) is 9.72 Å². The van der Waals surface area contributed by atoms with Crippen LogP contribution in [0.4, 0.5) is 5.82 Å². The van der Waals surface area contributed by atoms with Gasteiger partial charge in [-0.1, -0.05) is 0 Å². The van der Waals surface area contributed by atoms with Crippen LogP contribution < -0.4 is 15.2 Å². The third-order valence-electron chi connectivity index (χ3n) is 3.11. The Kier molecular flexibility index (Phi) is 2.98. The first-order valence-corrected chi connectivity index (χ1v) is 6.16. The standard InChI is InChI=1S/C14H14N2O4/c1-18-14(17)9-7-10(16-13(9)15)8-2-3-11-12(6-8)20-5-4-19-11/h2-3,6-7,16H,4-5,15H2,1H3. The molecule has 0 atom stereocenters. The molecule has 0 radical (unpaired) electrons. The number of rotatable bonds is 2. The van der Waals surface area contributed by atoms with Crippen molar-refractivity contribution in [1.29, 1.82) is 0 Å². The highest BCUT2D eigenvalue weighted by Gasteiger charge is 2.17. The normalized spacial score (nSPS) is 13.1. The lowest BCUT2D eigenvalue weighted by atomic mass is 10.1. The summed E-state index contributed by atoms with van der Waals surface area (Å²) in [5, 5.41) is 0. The number of ether oxygens (including phenoxy) is 3. The van der Waals surface area contributed by atoms with Gasteiger partial charge in [0.05, 0.1) is 7.11 Å². The second-order valence-electron chi connectivity index (χ2n) is 4.36. The van der Waals surface area contributed by atoms with Crippen molar-refractivity contribution in [3.8, 4) is 22.8 Å². The summed E-state index contributed by atoms with van der Waals surface area (Å²) in [5.74, 6) is 1.21. The summed E-state index contributed by atoms with van der Waals surface area (Å²) in [6, 6.07) is 7.21. The number of nitrogens with one attached hydrogen (secondary N) is 1. The molecule has 6 heteroatoms. The Morgan fingerprint density at radius 2 is 2.00 bits per heavy atom. The molecular formula is C14H14N2O4. The predicted octanol–water partition coefficient (Wildman–Crippen LogP) is 1.82. The third kappa shape index (κ3) is 2.05. The topological polar surface area (TPSA) is 86.6 Å². The van der Waals surface area contributed by atoms with Gasteiger partial charge in [0.2, 0.25) is 0 Å². The van der Waals surface area contributed by atoms with E-state index in [0.717, 1.165) is 11.3 Å². The highest BCUT2D eigenvalue weighted by molar-refractivity contribution is 5.96. The van der Waals surface area contributed by atoms with Crippen molar-refractivity contribution in [2.24, 2.45) is 0 Å². The number of nitrogens with two attached hydrogens (primary N) is 1. The van der Waals surface area contributed by atoms with E-state index in [0.29, 0.717) is 30.3 Å². The summed E-state index contributed by atoms with van der Waals surface area (Å²) in [5.41, 5.74) is 7.68. The average molecular weight is 274 g/mol. The van der Waals surface area contributed by atoms with Gasteiger partial charge in [-0.3, -0.25) is 0 Å². The van der Waals surface area contributed by atoms with E-state index < -0.39 is 5.97 Å². The third-order valence-corrected chi connectivity index (χ3v) is 3.11. The van der Waals surface area contributed by atoms with Gasteiger partial charge < -0.3 is 24.9 Å². The van der Waals surface area contributed by atoms with Crippen molar-refractivity contribution < 1.29 is 19.0 Å². The second-order valence-corrected chi connectivity index (χ2v) is 4.36. The molecule has 0 fully saturated rings. The zero-order valence-electron chi connectivity index (χ0n) is 10.9. The molecule has 2 aromatic rings. The Morgan fingerprint density at radius 3 is 2.75 bits per heavy atom. The van der Waals surface area contributed by atoms with Gasteiger partial charge in [-0.05, 0) is 24.3 Å². The molecule has 1 aromatic heterocycles. The number of hydrogen-bond acceptors (Lipinski definition) is 5. The van der Waals surface area contributed by atoms with Gasteiger partial charge in [-0.25, -0.2) is 4.79 Å². The number of fused-ring (bicyclic) bond motifs is 1. The van der Waals surface area contributed by atoms with Crippen molar-refractivity contribution in [2.45, 2.75) is 0 Å². The first-order valence-electron chi connectivity index (χ1n) is 6.16. The molecule has 1 aromatic carbocycles. The molecule has 6 nitrogen and oxygen atoms in total. The summed E-state index contributed by atoms with van der Waals surface area (Å²) in [4.78, 5) is 14.5. The molecule has 104 valence electrons. The summed E-state index contributed by atoms with van der Waals surface area (Å²) in [6.45, 7) is 1.07. The van der Waals surface area contributed by atoms with E-state index in [-0.39, 0.29) is 5.82 Å². The molecule has 0 saturated heterocycles. The SMILES string of the molecule is COC(=O)c1cc(-c2ccc3c(c2)OCCO3)[nH]c1N. The molecule has 0 aliphatic carbocycles. The molecule has 0 unspecified atom stereocenters. The average Bonchev–Trinajstić information content (AvgIpc) is 2.88. The monoisotopic (exact) mass is 274 g/mol. The molecule has 3 N–H and O–H groups in total. The Morgan fingerprint density at radius 1 is 1.25 bits per heavy atom. The highest BCUT2D eigenvalue weighted by Crippen LogP contribution is 2.35. The molecule has 2 heterocycles. The molecule has 1 aliphatic rings. The number of carbonyl (C=O) groups is 1. The number of aromatic nitrogens is 1. The maximum Gasteiger partial charge on any atom is 0.341 e. The minimum atomic E-state index is -0.470. The van der Waals surface area contributed by atoms with Crippen molar-refractivity contribution in [1.82, 2.24) is 4.98 Å². The van der Waals surface area contributed by atoms with Crippen molar-refractivity contribution in [3.63, 3.8) is 0 Å².